The van der Waals surface area contributed by atoms with Crippen molar-refractivity contribution in [2.75, 3.05) is 7.11 Å². The SMILES string of the molecule is COc1ccnc(C(=O)C[C@@H](C)C(=O)O[C@@H](C)[C@H](C)c2ccccc2C)c1OC(=O)C(C)C. The van der Waals surface area contributed by atoms with Crippen molar-refractivity contribution in [2.45, 2.75) is 60.0 Å². The summed E-state index contributed by atoms with van der Waals surface area (Å²) in [5, 5.41) is 0. The molecule has 0 aliphatic heterocycles. The molecule has 0 bridgehead atoms. The molecule has 0 aliphatic carbocycles. The van der Waals surface area contributed by atoms with E-state index in [4.69, 9.17) is 14.2 Å². The molecular weight excluding hydrogens is 422 g/mol. The maximum atomic E-state index is 13.0. The van der Waals surface area contributed by atoms with Crippen molar-refractivity contribution >= 4 is 17.7 Å². The molecule has 0 saturated heterocycles. The fourth-order valence-corrected chi connectivity index (χ4v) is 3.32. The third-order valence-corrected chi connectivity index (χ3v) is 5.61. The molecule has 0 unspecified atom stereocenters. The number of ketones is 1. The van der Waals surface area contributed by atoms with Gasteiger partial charge in [-0.1, -0.05) is 52.0 Å². The quantitative estimate of drug-likeness (QED) is 0.371. The molecule has 2 rings (SSSR count). The Kier molecular flexibility index (Phi) is 9.14. The predicted molar refractivity (Wildman–Crippen MR) is 125 cm³/mol. The lowest BCUT2D eigenvalue weighted by Gasteiger charge is -2.23. The monoisotopic (exact) mass is 455 g/mol. The lowest BCUT2D eigenvalue weighted by atomic mass is 9.92. The van der Waals surface area contributed by atoms with E-state index in [1.54, 1.807) is 20.8 Å². The van der Waals surface area contributed by atoms with Gasteiger partial charge in [0.25, 0.3) is 0 Å². The second kappa shape index (κ2) is 11.6. The molecule has 178 valence electrons. The highest BCUT2D eigenvalue weighted by molar-refractivity contribution is 6.00. The van der Waals surface area contributed by atoms with Crippen LogP contribution in [0.3, 0.4) is 0 Å². The number of rotatable bonds is 10. The van der Waals surface area contributed by atoms with Crippen LogP contribution in [0.1, 0.15) is 68.6 Å². The average Bonchev–Trinajstić information content (AvgIpc) is 2.78. The van der Waals surface area contributed by atoms with Crippen molar-refractivity contribution in [3.05, 3.63) is 53.3 Å². The van der Waals surface area contributed by atoms with E-state index in [1.807, 2.05) is 45.0 Å². The molecule has 0 fully saturated rings. The van der Waals surface area contributed by atoms with Crippen LogP contribution in [0, 0.1) is 18.8 Å². The van der Waals surface area contributed by atoms with E-state index < -0.39 is 29.6 Å². The maximum absolute atomic E-state index is 13.0. The molecule has 0 amide bonds. The first-order valence-electron chi connectivity index (χ1n) is 11.1. The molecule has 0 aliphatic rings. The minimum atomic E-state index is -0.703. The zero-order chi connectivity index (χ0) is 24.7. The van der Waals surface area contributed by atoms with E-state index >= 15 is 0 Å². The number of carbonyl (C=O) groups is 3. The number of benzene rings is 1. The molecule has 1 aromatic carbocycles. The summed E-state index contributed by atoms with van der Waals surface area (Å²) in [4.78, 5) is 41.9. The Labute approximate surface area is 195 Å². The zero-order valence-corrected chi connectivity index (χ0v) is 20.4. The van der Waals surface area contributed by atoms with Crippen molar-refractivity contribution in [2.24, 2.45) is 11.8 Å². The van der Waals surface area contributed by atoms with Crippen LogP contribution < -0.4 is 9.47 Å². The lowest BCUT2D eigenvalue weighted by molar-refractivity contribution is -0.153. The van der Waals surface area contributed by atoms with E-state index in [0.717, 1.165) is 11.1 Å². The van der Waals surface area contributed by atoms with Crippen LogP contribution in [0.4, 0.5) is 0 Å². The number of carbonyl (C=O) groups excluding carboxylic acids is 3. The summed E-state index contributed by atoms with van der Waals surface area (Å²) in [6, 6.07) is 9.47. The van der Waals surface area contributed by atoms with Gasteiger partial charge in [0.1, 0.15) is 6.10 Å². The Morgan fingerprint density at radius 3 is 2.24 bits per heavy atom. The fraction of sp³-hybridized carbons (Fsp3) is 0.462. The van der Waals surface area contributed by atoms with Crippen molar-refractivity contribution in [1.29, 1.82) is 0 Å². The van der Waals surface area contributed by atoms with Crippen molar-refractivity contribution in [3.63, 3.8) is 0 Å². The Bertz CT molecular complexity index is 1000. The molecule has 1 heterocycles. The summed E-state index contributed by atoms with van der Waals surface area (Å²) in [5.41, 5.74) is 2.19. The van der Waals surface area contributed by atoms with Gasteiger partial charge in [-0.05, 0) is 25.0 Å². The largest absolute Gasteiger partial charge is 0.493 e. The van der Waals surface area contributed by atoms with Gasteiger partial charge in [0, 0.05) is 24.6 Å². The Morgan fingerprint density at radius 2 is 1.64 bits per heavy atom. The number of hydrogen-bond acceptors (Lipinski definition) is 7. The first-order chi connectivity index (χ1) is 15.6. The normalized spacial score (nSPS) is 13.7. The summed E-state index contributed by atoms with van der Waals surface area (Å²) in [5.74, 6) is -2.34. The number of ether oxygens (including phenoxy) is 3. The van der Waals surface area contributed by atoms with Crippen molar-refractivity contribution in [1.82, 2.24) is 4.98 Å². The molecule has 7 heteroatoms. The predicted octanol–water partition coefficient (Wildman–Crippen LogP) is 4.90. The average molecular weight is 456 g/mol. The van der Waals surface area contributed by atoms with E-state index in [1.165, 1.54) is 19.4 Å². The van der Waals surface area contributed by atoms with Crippen molar-refractivity contribution in [3.8, 4) is 11.5 Å². The molecular formula is C26H33NO6. The highest BCUT2D eigenvalue weighted by atomic mass is 16.6. The maximum Gasteiger partial charge on any atom is 0.313 e. The number of esters is 2. The Morgan fingerprint density at radius 1 is 0.970 bits per heavy atom. The van der Waals surface area contributed by atoms with Gasteiger partial charge in [-0.3, -0.25) is 14.4 Å². The molecule has 7 nitrogen and oxygen atoms in total. The summed E-state index contributed by atoms with van der Waals surface area (Å²) in [6.45, 7) is 10.9. The second-order valence-electron chi connectivity index (χ2n) is 8.58. The topological polar surface area (TPSA) is 91.8 Å². The Hall–Kier alpha value is -3.22. The number of nitrogens with zero attached hydrogens (tertiary/aromatic N) is 1. The molecule has 0 radical (unpaired) electrons. The van der Waals surface area contributed by atoms with E-state index in [-0.39, 0.29) is 35.6 Å². The second-order valence-corrected chi connectivity index (χ2v) is 8.58. The standard InChI is InChI=1S/C26H33NO6/c1-15(2)25(29)33-24-22(31-7)12-13-27-23(24)21(28)14-17(4)26(30)32-19(6)18(5)20-11-9-8-10-16(20)3/h8-13,15,17-19H,14H2,1-7H3/t17-,18+,19+/m1/s1. The van der Waals surface area contributed by atoms with Crippen molar-refractivity contribution < 1.29 is 28.6 Å². The van der Waals surface area contributed by atoms with Gasteiger partial charge in [0.05, 0.1) is 18.9 Å². The number of aromatic nitrogens is 1. The minimum Gasteiger partial charge on any atom is -0.493 e. The van der Waals surface area contributed by atoms with Crippen LogP contribution in [0.25, 0.3) is 0 Å². The van der Waals surface area contributed by atoms with Gasteiger partial charge in [-0.15, -0.1) is 0 Å². The van der Waals surface area contributed by atoms with Crippen LogP contribution in [-0.2, 0) is 14.3 Å². The molecule has 33 heavy (non-hydrogen) atoms. The van der Waals surface area contributed by atoms with Crippen LogP contribution >= 0.6 is 0 Å². The zero-order valence-electron chi connectivity index (χ0n) is 20.4. The minimum absolute atomic E-state index is 0.000140. The number of Topliss-reactive ketones (excluding diaryl/α,β-unsaturated/α-hetero) is 1. The van der Waals surface area contributed by atoms with Gasteiger partial charge in [0.2, 0.25) is 5.75 Å². The first kappa shape index (κ1) is 26.0. The number of aryl methyl sites for hydroxylation is 1. The van der Waals surface area contributed by atoms with Gasteiger partial charge >= 0.3 is 11.9 Å². The van der Waals surface area contributed by atoms with E-state index in [2.05, 4.69) is 4.98 Å². The number of hydrogen-bond donors (Lipinski definition) is 0. The third-order valence-electron chi connectivity index (χ3n) is 5.61. The van der Waals surface area contributed by atoms with E-state index in [9.17, 15) is 14.4 Å². The van der Waals surface area contributed by atoms with Gasteiger partial charge in [-0.25, -0.2) is 4.98 Å². The molecule has 3 atom stereocenters. The fourth-order valence-electron chi connectivity index (χ4n) is 3.32. The molecule has 0 N–H and O–H groups in total. The van der Waals surface area contributed by atoms with Gasteiger partial charge in [-0.2, -0.15) is 0 Å². The highest BCUT2D eigenvalue weighted by Crippen LogP contribution is 2.32. The third kappa shape index (κ3) is 6.63. The van der Waals surface area contributed by atoms with Crippen LogP contribution in [0.5, 0.6) is 11.5 Å². The summed E-state index contributed by atoms with van der Waals surface area (Å²) < 4.78 is 16.3. The smallest absolute Gasteiger partial charge is 0.313 e. The van der Waals surface area contributed by atoms with Crippen LogP contribution in [-0.4, -0.2) is 35.9 Å². The van der Waals surface area contributed by atoms with Gasteiger partial charge in [0.15, 0.2) is 17.2 Å². The molecule has 2 aromatic rings. The molecule has 0 saturated carbocycles. The van der Waals surface area contributed by atoms with Gasteiger partial charge < -0.3 is 14.2 Å². The van der Waals surface area contributed by atoms with Crippen LogP contribution in [0.2, 0.25) is 0 Å². The number of methoxy groups -OCH3 is 1. The lowest BCUT2D eigenvalue weighted by Crippen LogP contribution is -2.26. The summed E-state index contributed by atoms with van der Waals surface area (Å²) in [7, 11) is 1.41. The van der Waals surface area contributed by atoms with Crippen LogP contribution in [0.15, 0.2) is 36.5 Å². The molecule has 0 spiro atoms. The number of pyridine rings is 1. The molecule has 1 aromatic heterocycles. The summed E-state index contributed by atoms with van der Waals surface area (Å²) in [6.07, 6.45) is 0.887. The Balaban J connectivity index is 2.11. The summed E-state index contributed by atoms with van der Waals surface area (Å²) >= 11 is 0. The highest BCUT2D eigenvalue weighted by Gasteiger charge is 2.28. The van der Waals surface area contributed by atoms with E-state index in [0.29, 0.717) is 0 Å². The first-order valence-corrected chi connectivity index (χ1v) is 11.1.